The molecule has 17 heavy (non-hydrogen) atoms. The van der Waals surface area contributed by atoms with Crippen molar-refractivity contribution < 1.29 is 0 Å². The second-order valence-corrected chi connectivity index (χ2v) is 5.78. The van der Waals surface area contributed by atoms with Gasteiger partial charge in [0.1, 0.15) is 0 Å². The molecule has 0 aromatic rings. The highest BCUT2D eigenvalue weighted by Crippen LogP contribution is 2.21. The zero-order chi connectivity index (χ0) is 12.1. The van der Waals surface area contributed by atoms with Gasteiger partial charge in [0.05, 0.1) is 0 Å². The largest absolute Gasteiger partial charge is 0.330 e. The SMILES string of the molecule is CCC(CN)CCN1CCN2CCCCC2C1. The van der Waals surface area contributed by atoms with Crippen LogP contribution in [0.15, 0.2) is 0 Å². The van der Waals surface area contributed by atoms with Gasteiger partial charge < -0.3 is 10.6 Å². The van der Waals surface area contributed by atoms with Gasteiger partial charge >= 0.3 is 0 Å². The first kappa shape index (κ1) is 13.3. The van der Waals surface area contributed by atoms with Crippen LogP contribution < -0.4 is 5.73 Å². The lowest BCUT2D eigenvalue weighted by atomic mass is 9.98. The molecule has 100 valence electrons. The maximum Gasteiger partial charge on any atom is 0.0223 e. The van der Waals surface area contributed by atoms with E-state index in [4.69, 9.17) is 5.73 Å². The number of piperazine rings is 1. The average molecular weight is 239 g/mol. The third kappa shape index (κ3) is 3.67. The Morgan fingerprint density at radius 2 is 2.12 bits per heavy atom. The molecule has 2 saturated heterocycles. The van der Waals surface area contributed by atoms with Gasteiger partial charge in [-0.2, -0.15) is 0 Å². The van der Waals surface area contributed by atoms with Crippen molar-refractivity contribution in [1.82, 2.24) is 9.80 Å². The summed E-state index contributed by atoms with van der Waals surface area (Å²) in [5.74, 6) is 0.736. The number of nitrogens with zero attached hydrogens (tertiary/aromatic N) is 2. The van der Waals surface area contributed by atoms with Crippen LogP contribution in [0.5, 0.6) is 0 Å². The molecule has 2 N–H and O–H groups in total. The van der Waals surface area contributed by atoms with E-state index in [1.807, 2.05) is 0 Å². The van der Waals surface area contributed by atoms with E-state index in [0.29, 0.717) is 0 Å². The van der Waals surface area contributed by atoms with Crippen molar-refractivity contribution in [1.29, 1.82) is 0 Å². The lowest BCUT2D eigenvalue weighted by molar-refractivity contribution is 0.0468. The monoisotopic (exact) mass is 239 g/mol. The topological polar surface area (TPSA) is 32.5 Å². The molecule has 3 nitrogen and oxygen atoms in total. The number of fused-ring (bicyclic) bond motifs is 1. The number of nitrogens with two attached hydrogens (primary N) is 1. The third-order valence-corrected chi connectivity index (χ3v) is 4.69. The summed E-state index contributed by atoms with van der Waals surface area (Å²) < 4.78 is 0. The van der Waals surface area contributed by atoms with Crippen molar-refractivity contribution in [2.75, 3.05) is 39.3 Å². The molecule has 0 amide bonds. The Morgan fingerprint density at radius 3 is 2.88 bits per heavy atom. The molecule has 0 bridgehead atoms. The summed E-state index contributed by atoms with van der Waals surface area (Å²) in [7, 11) is 0. The summed E-state index contributed by atoms with van der Waals surface area (Å²) in [6, 6.07) is 0.857. The van der Waals surface area contributed by atoms with E-state index in [0.717, 1.165) is 18.5 Å². The molecule has 2 fully saturated rings. The van der Waals surface area contributed by atoms with Crippen molar-refractivity contribution in [2.45, 2.75) is 45.1 Å². The first-order valence-corrected chi connectivity index (χ1v) is 7.50. The Hall–Kier alpha value is -0.120. The normalized spacial score (nSPS) is 28.9. The fraction of sp³-hybridized carbons (Fsp3) is 1.00. The molecule has 2 atom stereocenters. The Bertz CT molecular complexity index is 216. The van der Waals surface area contributed by atoms with E-state index in [-0.39, 0.29) is 0 Å². The van der Waals surface area contributed by atoms with Gasteiger partial charge in [-0.05, 0) is 44.8 Å². The molecule has 0 saturated carbocycles. The predicted molar refractivity (Wildman–Crippen MR) is 73.1 cm³/mol. The van der Waals surface area contributed by atoms with Gasteiger partial charge in [-0.25, -0.2) is 0 Å². The summed E-state index contributed by atoms with van der Waals surface area (Å²) in [6.45, 7) is 9.61. The molecule has 3 heteroatoms. The van der Waals surface area contributed by atoms with Crippen LogP contribution >= 0.6 is 0 Å². The summed E-state index contributed by atoms with van der Waals surface area (Å²) in [4.78, 5) is 5.38. The number of hydrogen-bond acceptors (Lipinski definition) is 3. The summed E-state index contributed by atoms with van der Waals surface area (Å²) in [5, 5.41) is 0. The minimum atomic E-state index is 0.736. The molecule has 2 aliphatic rings. The van der Waals surface area contributed by atoms with Gasteiger partial charge in [-0.3, -0.25) is 4.90 Å². The Labute approximate surface area is 106 Å². The van der Waals surface area contributed by atoms with Crippen LogP contribution in [0.1, 0.15) is 39.0 Å². The van der Waals surface area contributed by atoms with E-state index in [1.54, 1.807) is 0 Å². The van der Waals surface area contributed by atoms with E-state index in [1.165, 1.54) is 64.8 Å². The van der Waals surface area contributed by atoms with Crippen LogP contribution in [0.2, 0.25) is 0 Å². The molecule has 0 aromatic carbocycles. The Kier molecular flexibility index (Phi) is 5.26. The summed E-state index contributed by atoms with van der Waals surface area (Å²) in [6.07, 6.45) is 6.81. The van der Waals surface area contributed by atoms with E-state index in [2.05, 4.69) is 16.7 Å². The minimum absolute atomic E-state index is 0.736. The zero-order valence-corrected chi connectivity index (χ0v) is 11.4. The van der Waals surface area contributed by atoms with Crippen LogP contribution in [0, 0.1) is 5.92 Å². The molecular weight excluding hydrogens is 210 g/mol. The smallest absolute Gasteiger partial charge is 0.0223 e. The highest BCUT2D eigenvalue weighted by molar-refractivity contribution is 4.85. The zero-order valence-electron chi connectivity index (χ0n) is 11.4. The molecule has 0 aromatic heterocycles. The van der Waals surface area contributed by atoms with Crippen LogP contribution in [0.25, 0.3) is 0 Å². The summed E-state index contributed by atoms with van der Waals surface area (Å²) >= 11 is 0. The van der Waals surface area contributed by atoms with Crippen molar-refractivity contribution in [3.8, 4) is 0 Å². The fourth-order valence-corrected chi connectivity index (χ4v) is 3.28. The second kappa shape index (κ2) is 6.72. The average Bonchev–Trinajstić information content (AvgIpc) is 2.40. The molecule has 2 unspecified atom stereocenters. The second-order valence-electron chi connectivity index (χ2n) is 5.78. The minimum Gasteiger partial charge on any atom is -0.330 e. The number of rotatable bonds is 5. The Balaban J connectivity index is 1.72. The summed E-state index contributed by atoms with van der Waals surface area (Å²) in [5.41, 5.74) is 5.78. The molecule has 2 aliphatic heterocycles. The standard InChI is InChI=1S/C14H29N3/c1-2-13(11-15)6-8-16-9-10-17-7-4-3-5-14(17)12-16/h13-14H,2-12,15H2,1H3. The molecule has 0 aliphatic carbocycles. The highest BCUT2D eigenvalue weighted by Gasteiger charge is 2.28. The van der Waals surface area contributed by atoms with E-state index >= 15 is 0 Å². The van der Waals surface area contributed by atoms with Gasteiger partial charge in [0.15, 0.2) is 0 Å². The van der Waals surface area contributed by atoms with Crippen molar-refractivity contribution in [3.63, 3.8) is 0 Å². The van der Waals surface area contributed by atoms with Crippen molar-refractivity contribution >= 4 is 0 Å². The maximum absolute atomic E-state index is 5.78. The first-order chi connectivity index (χ1) is 8.33. The van der Waals surface area contributed by atoms with Gasteiger partial charge in [-0.1, -0.05) is 19.8 Å². The molecular formula is C14H29N3. The number of hydrogen-bond donors (Lipinski definition) is 1. The lowest BCUT2D eigenvalue weighted by Gasteiger charge is -2.44. The Morgan fingerprint density at radius 1 is 1.24 bits per heavy atom. The van der Waals surface area contributed by atoms with Gasteiger partial charge in [0.2, 0.25) is 0 Å². The number of piperidine rings is 1. The van der Waals surface area contributed by atoms with Gasteiger partial charge in [-0.15, -0.1) is 0 Å². The third-order valence-electron chi connectivity index (χ3n) is 4.69. The predicted octanol–water partition coefficient (Wildman–Crippen LogP) is 1.53. The maximum atomic E-state index is 5.78. The first-order valence-electron chi connectivity index (χ1n) is 7.50. The van der Waals surface area contributed by atoms with Crippen molar-refractivity contribution in [3.05, 3.63) is 0 Å². The lowest BCUT2D eigenvalue weighted by Crippen LogP contribution is -2.54. The highest BCUT2D eigenvalue weighted by atomic mass is 15.3. The van der Waals surface area contributed by atoms with Crippen LogP contribution in [-0.4, -0.2) is 55.1 Å². The van der Waals surface area contributed by atoms with Crippen LogP contribution in [0.4, 0.5) is 0 Å². The fourth-order valence-electron chi connectivity index (χ4n) is 3.28. The van der Waals surface area contributed by atoms with Crippen molar-refractivity contribution in [2.24, 2.45) is 11.7 Å². The van der Waals surface area contributed by atoms with Crippen LogP contribution in [-0.2, 0) is 0 Å². The molecule has 2 heterocycles. The van der Waals surface area contributed by atoms with E-state index in [9.17, 15) is 0 Å². The van der Waals surface area contributed by atoms with Crippen LogP contribution in [0.3, 0.4) is 0 Å². The van der Waals surface area contributed by atoms with E-state index < -0.39 is 0 Å². The van der Waals surface area contributed by atoms with Gasteiger partial charge in [0.25, 0.3) is 0 Å². The quantitative estimate of drug-likeness (QED) is 0.790. The molecule has 0 spiro atoms. The van der Waals surface area contributed by atoms with Gasteiger partial charge in [0, 0.05) is 25.7 Å². The molecule has 0 radical (unpaired) electrons. The molecule has 2 rings (SSSR count).